The maximum atomic E-state index is 15.0. The number of hydrogen-bond donors (Lipinski definition) is 2. The first-order valence-electron chi connectivity index (χ1n) is 9.73. The van der Waals surface area contributed by atoms with Gasteiger partial charge in [-0.25, -0.2) is 26.9 Å². The number of anilines is 1. The van der Waals surface area contributed by atoms with Gasteiger partial charge >= 0.3 is 0 Å². The first-order valence-corrected chi connectivity index (χ1v) is 11.2. The fraction of sp³-hybridized carbons (Fsp3) is 0.174. The Morgan fingerprint density at radius 2 is 1.81 bits per heavy atom. The number of guanidine groups is 1. The Bertz CT molecular complexity index is 1290. The fourth-order valence-corrected chi connectivity index (χ4v) is 4.94. The topological polar surface area (TPSA) is 70.6 Å². The lowest BCUT2D eigenvalue weighted by atomic mass is 9.88. The van der Waals surface area contributed by atoms with Crippen molar-refractivity contribution >= 4 is 21.7 Å². The van der Waals surface area contributed by atoms with E-state index in [1.807, 2.05) is 38.1 Å². The Morgan fingerprint density at radius 3 is 2.55 bits per heavy atom. The lowest BCUT2D eigenvalue weighted by Gasteiger charge is -2.27. The van der Waals surface area contributed by atoms with Crippen LogP contribution in [0.5, 0.6) is 0 Å². The van der Waals surface area contributed by atoms with Crippen LogP contribution in [-0.4, -0.2) is 14.4 Å². The number of hydrogen-bond acceptors (Lipinski definition) is 3. The molecule has 0 fully saturated rings. The van der Waals surface area contributed by atoms with Crippen molar-refractivity contribution in [2.75, 3.05) is 5.32 Å². The Hall–Kier alpha value is -3.26. The predicted molar refractivity (Wildman–Crippen MR) is 117 cm³/mol. The molecule has 0 aromatic heterocycles. The molecule has 160 valence electrons. The minimum absolute atomic E-state index is 0.0411. The van der Waals surface area contributed by atoms with Crippen molar-refractivity contribution in [1.82, 2.24) is 4.72 Å². The van der Waals surface area contributed by atoms with E-state index in [2.05, 4.69) is 15.0 Å². The van der Waals surface area contributed by atoms with E-state index in [0.717, 1.165) is 11.1 Å². The van der Waals surface area contributed by atoms with E-state index in [4.69, 9.17) is 0 Å². The molecule has 0 bridgehead atoms. The van der Waals surface area contributed by atoms with E-state index in [-0.39, 0.29) is 28.7 Å². The van der Waals surface area contributed by atoms with E-state index in [9.17, 15) is 17.2 Å². The van der Waals surface area contributed by atoms with Crippen LogP contribution in [0.4, 0.5) is 14.5 Å². The Balaban J connectivity index is 1.77. The average Bonchev–Trinajstić information content (AvgIpc) is 2.71. The molecule has 5 nitrogen and oxygen atoms in total. The van der Waals surface area contributed by atoms with Gasteiger partial charge in [-0.05, 0) is 47.9 Å². The summed E-state index contributed by atoms with van der Waals surface area (Å²) in [5, 5.41) is 2.94. The van der Waals surface area contributed by atoms with Gasteiger partial charge in [0.05, 0.1) is 12.2 Å². The van der Waals surface area contributed by atoms with Crippen molar-refractivity contribution in [3.63, 3.8) is 0 Å². The van der Waals surface area contributed by atoms with Crippen LogP contribution in [0.1, 0.15) is 35.1 Å². The number of aryl methyl sites for hydroxylation is 1. The van der Waals surface area contributed by atoms with Crippen LogP contribution >= 0.6 is 0 Å². The van der Waals surface area contributed by atoms with Gasteiger partial charge in [0.25, 0.3) is 10.0 Å². The van der Waals surface area contributed by atoms with Gasteiger partial charge in [-0.2, -0.15) is 0 Å². The number of nitrogens with zero attached hydrogens (tertiary/aromatic N) is 1. The molecular weight excluding hydrogens is 420 g/mol. The van der Waals surface area contributed by atoms with Gasteiger partial charge in [0, 0.05) is 11.5 Å². The summed E-state index contributed by atoms with van der Waals surface area (Å²) in [6.07, 6.45) is 0. The fourth-order valence-electron chi connectivity index (χ4n) is 3.78. The van der Waals surface area contributed by atoms with Crippen molar-refractivity contribution in [3.8, 4) is 0 Å². The molecule has 0 spiro atoms. The normalized spacial score (nSPS) is 16.8. The van der Waals surface area contributed by atoms with Gasteiger partial charge in [-0.1, -0.05) is 43.3 Å². The van der Waals surface area contributed by atoms with Crippen LogP contribution < -0.4 is 10.0 Å². The van der Waals surface area contributed by atoms with Crippen LogP contribution in [0, 0.1) is 18.6 Å². The Kier molecular flexibility index (Phi) is 5.49. The third kappa shape index (κ3) is 4.16. The van der Waals surface area contributed by atoms with Gasteiger partial charge < -0.3 is 5.32 Å². The number of nitrogens with one attached hydrogen (secondary N) is 2. The first kappa shape index (κ1) is 21.0. The molecule has 3 aromatic rings. The maximum absolute atomic E-state index is 15.0. The molecule has 8 heteroatoms. The zero-order chi connectivity index (χ0) is 22.2. The summed E-state index contributed by atoms with van der Waals surface area (Å²) in [4.78, 5) is 4.19. The van der Waals surface area contributed by atoms with E-state index >= 15 is 0 Å². The summed E-state index contributed by atoms with van der Waals surface area (Å²) in [5.74, 6) is -1.36. The van der Waals surface area contributed by atoms with Crippen molar-refractivity contribution in [3.05, 3.63) is 94.6 Å². The number of halogens is 2. The summed E-state index contributed by atoms with van der Waals surface area (Å²) in [6, 6.07) is 15.9. The molecule has 2 N–H and O–H groups in total. The van der Waals surface area contributed by atoms with E-state index < -0.39 is 27.6 Å². The molecule has 1 aliphatic heterocycles. The highest BCUT2D eigenvalue weighted by molar-refractivity contribution is 7.90. The SMILES string of the molecule is Cc1ccccc1[C@@H](C)c1c(F)ccc2c1NC(=NCc1cccc(F)c1)NS2(=O)=O. The minimum atomic E-state index is -3.95. The smallest absolute Gasteiger partial charge is 0.266 e. The molecular formula is C23H21F2N3O2S. The monoisotopic (exact) mass is 441 g/mol. The number of benzene rings is 3. The zero-order valence-corrected chi connectivity index (χ0v) is 17.8. The summed E-state index contributed by atoms with van der Waals surface area (Å²) >= 11 is 0. The second kappa shape index (κ2) is 8.11. The summed E-state index contributed by atoms with van der Waals surface area (Å²) < 4.78 is 56.4. The molecule has 0 aliphatic carbocycles. The maximum Gasteiger partial charge on any atom is 0.266 e. The number of rotatable bonds is 4. The van der Waals surface area contributed by atoms with Crippen molar-refractivity contribution < 1.29 is 17.2 Å². The Labute approximate surface area is 179 Å². The van der Waals surface area contributed by atoms with Crippen molar-refractivity contribution in [1.29, 1.82) is 0 Å². The summed E-state index contributed by atoms with van der Waals surface area (Å²) in [6.45, 7) is 3.81. The van der Waals surface area contributed by atoms with Gasteiger partial charge in [0.1, 0.15) is 16.5 Å². The lowest BCUT2D eigenvalue weighted by molar-refractivity contribution is 0.586. The van der Waals surface area contributed by atoms with Crippen molar-refractivity contribution in [2.24, 2.45) is 4.99 Å². The van der Waals surface area contributed by atoms with Gasteiger partial charge in [-0.15, -0.1) is 0 Å². The summed E-state index contributed by atoms with van der Waals surface area (Å²) in [5.41, 5.74) is 2.85. The lowest BCUT2D eigenvalue weighted by Crippen LogP contribution is -2.41. The molecule has 0 saturated carbocycles. The highest BCUT2D eigenvalue weighted by Crippen LogP contribution is 2.38. The number of sulfonamides is 1. The van der Waals surface area contributed by atoms with Gasteiger partial charge in [-0.3, -0.25) is 0 Å². The quantitative estimate of drug-likeness (QED) is 0.617. The highest BCUT2D eigenvalue weighted by Gasteiger charge is 2.32. The number of aliphatic imine (C=N–C) groups is 1. The van der Waals surface area contributed by atoms with Crippen LogP contribution in [0.2, 0.25) is 0 Å². The molecule has 4 rings (SSSR count). The second-order valence-corrected chi connectivity index (χ2v) is 9.09. The number of fused-ring (bicyclic) bond motifs is 1. The third-order valence-electron chi connectivity index (χ3n) is 5.31. The molecule has 31 heavy (non-hydrogen) atoms. The second-order valence-electron chi connectivity index (χ2n) is 7.44. The summed E-state index contributed by atoms with van der Waals surface area (Å²) in [7, 11) is -3.95. The van der Waals surface area contributed by atoms with Crippen LogP contribution in [0.3, 0.4) is 0 Å². The molecule has 0 amide bonds. The Morgan fingerprint density at radius 1 is 1.03 bits per heavy atom. The highest BCUT2D eigenvalue weighted by atomic mass is 32.2. The van der Waals surface area contributed by atoms with Crippen LogP contribution in [0.15, 0.2) is 70.6 Å². The third-order valence-corrected chi connectivity index (χ3v) is 6.70. The van der Waals surface area contributed by atoms with Crippen LogP contribution in [-0.2, 0) is 16.6 Å². The predicted octanol–water partition coefficient (Wildman–Crippen LogP) is 4.69. The molecule has 0 unspecified atom stereocenters. The molecule has 0 saturated heterocycles. The molecule has 3 aromatic carbocycles. The minimum Gasteiger partial charge on any atom is -0.324 e. The zero-order valence-electron chi connectivity index (χ0n) is 17.0. The first-order chi connectivity index (χ1) is 14.8. The average molecular weight is 442 g/mol. The molecule has 1 heterocycles. The molecule has 1 aliphatic rings. The van der Waals surface area contributed by atoms with Crippen LogP contribution in [0.25, 0.3) is 0 Å². The van der Waals surface area contributed by atoms with E-state index in [0.29, 0.717) is 5.56 Å². The van der Waals surface area contributed by atoms with Gasteiger partial charge in [0.2, 0.25) is 5.96 Å². The molecule has 1 atom stereocenters. The van der Waals surface area contributed by atoms with E-state index in [1.54, 1.807) is 12.1 Å². The van der Waals surface area contributed by atoms with Gasteiger partial charge in [0.15, 0.2) is 0 Å². The standard InChI is InChI=1S/C23H21F2N3O2S/c1-14-6-3-4-9-18(14)15(2)21-19(25)10-11-20-22(21)27-23(28-31(20,29)30)26-13-16-7-5-8-17(24)12-16/h3-12,15H,13H2,1-2H3,(H2,26,27,28)/t15-/m1/s1. The van der Waals surface area contributed by atoms with Crippen molar-refractivity contribution in [2.45, 2.75) is 31.2 Å². The van der Waals surface area contributed by atoms with E-state index in [1.165, 1.54) is 24.3 Å². The largest absolute Gasteiger partial charge is 0.324 e. The molecule has 0 radical (unpaired) electrons.